The summed E-state index contributed by atoms with van der Waals surface area (Å²) in [5.74, 6) is -0.278. The molecule has 8 heteroatoms. The number of pyridine rings is 1. The predicted molar refractivity (Wildman–Crippen MR) is 97.4 cm³/mol. The van der Waals surface area contributed by atoms with Gasteiger partial charge in [0, 0.05) is 18.0 Å². The van der Waals surface area contributed by atoms with Gasteiger partial charge in [0.05, 0.1) is 17.3 Å². The highest BCUT2D eigenvalue weighted by atomic mass is 32.1. The van der Waals surface area contributed by atoms with Crippen LogP contribution in [0.3, 0.4) is 0 Å². The van der Waals surface area contributed by atoms with E-state index in [1.807, 2.05) is 13.0 Å². The Kier molecular flexibility index (Phi) is 5.27. The molecule has 0 aliphatic rings. The number of hydrogen-bond donors (Lipinski definition) is 1. The fraction of sp³-hybridized carbons (Fsp3) is 0.211. The molecule has 2 aromatic heterocycles. The molecule has 1 aromatic carbocycles. The Bertz CT molecular complexity index is 937. The zero-order valence-electron chi connectivity index (χ0n) is 14.5. The molecule has 0 bridgehead atoms. The van der Waals surface area contributed by atoms with Crippen LogP contribution in [0, 0.1) is 6.92 Å². The second kappa shape index (κ2) is 7.48. The van der Waals surface area contributed by atoms with E-state index in [9.17, 15) is 18.0 Å². The van der Waals surface area contributed by atoms with E-state index in [4.69, 9.17) is 0 Å². The minimum atomic E-state index is -4.38. The summed E-state index contributed by atoms with van der Waals surface area (Å²) >= 11 is 1.15. The van der Waals surface area contributed by atoms with Crippen LogP contribution in [0.15, 0.2) is 48.8 Å². The number of carbonyl (C=O) groups is 1. The fourth-order valence-electron chi connectivity index (χ4n) is 2.51. The number of aryl methyl sites for hydroxylation is 1. The van der Waals surface area contributed by atoms with Crippen LogP contribution in [0.1, 0.15) is 39.5 Å². The van der Waals surface area contributed by atoms with E-state index in [1.165, 1.54) is 12.1 Å². The summed E-state index contributed by atoms with van der Waals surface area (Å²) in [5.41, 5.74) is 1.22. The van der Waals surface area contributed by atoms with Gasteiger partial charge in [-0.05, 0) is 37.6 Å². The molecule has 1 N–H and O–H groups in total. The number of aromatic nitrogens is 2. The number of benzene rings is 1. The average Bonchev–Trinajstić information content (AvgIpc) is 3.03. The van der Waals surface area contributed by atoms with Crippen LogP contribution in [0.2, 0.25) is 0 Å². The van der Waals surface area contributed by atoms with Gasteiger partial charge in [0.2, 0.25) is 0 Å². The highest BCUT2D eigenvalue weighted by Gasteiger charge is 2.30. The minimum Gasteiger partial charge on any atom is -0.345 e. The highest BCUT2D eigenvalue weighted by Crippen LogP contribution is 2.33. The number of nitrogens with one attached hydrogen (secondary N) is 1. The van der Waals surface area contributed by atoms with Crippen molar-refractivity contribution in [3.63, 3.8) is 0 Å². The molecule has 0 spiro atoms. The second-order valence-corrected chi connectivity index (χ2v) is 6.99. The molecular weight excluding hydrogens is 375 g/mol. The van der Waals surface area contributed by atoms with E-state index in [0.29, 0.717) is 21.1 Å². The normalized spacial score (nSPS) is 12.6. The van der Waals surface area contributed by atoms with Gasteiger partial charge in [-0.25, -0.2) is 4.98 Å². The molecule has 1 atom stereocenters. The SMILES string of the molecule is Cc1nc(-c2ccc(C(F)(F)F)cc2)sc1C(=O)NC(C)c1cccnc1. The molecule has 0 aliphatic carbocycles. The third-order valence-corrected chi connectivity index (χ3v) is 5.20. The number of carbonyl (C=O) groups excluding carboxylic acids is 1. The lowest BCUT2D eigenvalue weighted by molar-refractivity contribution is -0.137. The first-order chi connectivity index (χ1) is 12.8. The Morgan fingerprint density at radius 1 is 1.19 bits per heavy atom. The molecular formula is C19H16F3N3OS. The van der Waals surface area contributed by atoms with E-state index in [-0.39, 0.29) is 11.9 Å². The smallest absolute Gasteiger partial charge is 0.345 e. The maximum Gasteiger partial charge on any atom is 0.416 e. The minimum absolute atomic E-state index is 0.234. The lowest BCUT2D eigenvalue weighted by Gasteiger charge is -2.13. The standard InChI is InChI=1S/C19H16F3N3OS/c1-11(14-4-3-9-23-10-14)24-17(26)16-12(2)25-18(27-16)13-5-7-15(8-6-13)19(20,21)22/h3-11H,1-2H3,(H,24,26). The monoisotopic (exact) mass is 391 g/mol. The average molecular weight is 391 g/mol. The molecule has 1 unspecified atom stereocenters. The van der Waals surface area contributed by atoms with Crippen molar-refractivity contribution in [1.82, 2.24) is 15.3 Å². The van der Waals surface area contributed by atoms with Gasteiger partial charge < -0.3 is 5.32 Å². The van der Waals surface area contributed by atoms with Gasteiger partial charge in [-0.15, -0.1) is 11.3 Å². The lowest BCUT2D eigenvalue weighted by Crippen LogP contribution is -2.26. The van der Waals surface area contributed by atoms with Crippen molar-refractivity contribution in [2.75, 3.05) is 0 Å². The predicted octanol–water partition coefficient (Wildman–Crippen LogP) is 5.02. The Morgan fingerprint density at radius 3 is 2.48 bits per heavy atom. The molecule has 0 fully saturated rings. The molecule has 2 heterocycles. The van der Waals surface area contributed by atoms with Crippen molar-refractivity contribution in [2.45, 2.75) is 26.1 Å². The topological polar surface area (TPSA) is 54.9 Å². The number of rotatable bonds is 4. The Hall–Kier alpha value is -2.74. The van der Waals surface area contributed by atoms with Gasteiger partial charge in [0.25, 0.3) is 5.91 Å². The van der Waals surface area contributed by atoms with Crippen molar-refractivity contribution in [3.8, 4) is 10.6 Å². The Morgan fingerprint density at radius 2 is 1.89 bits per heavy atom. The van der Waals surface area contributed by atoms with E-state index >= 15 is 0 Å². The summed E-state index contributed by atoms with van der Waals surface area (Å²) < 4.78 is 38.1. The number of nitrogens with zero attached hydrogens (tertiary/aromatic N) is 2. The summed E-state index contributed by atoms with van der Waals surface area (Å²) in [5, 5.41) is 3.39. The lowest BCUT2D eigenvalue weighted by atomic mass is 10.1. The molecule has 4 nitrogen and oxygen atoms in total. The number of hydrogen-bond acceptors (Lipinski definition) is 4. The molecule has 3 rings (SSSR count). The van der Waals surface area contributed by atoms with Gasteiger partial charge in [0.15, 0.2) is 0 Å². The van der Waals surface area contributed by atoms with Crippen LogP contribution in [0.4, 0.5) is 13.2 Å². The number of thiazole rings is 1. The molecule has 0 saturated carbocycles. The second-order valence-electron chi connectivity index (χ2n) is 5.99. The maximum atomic E-state index is 12.7. The van der Waals surface area contributed by atoms with Crippen molar-refractivity contribution in [2.24, 2.45) is 0 Å². The first-order valence-electron chi connectivity index (χ1n) is 8.11. The van der Waals surface area contributed by atoms with Gasteiger partial charge in [-0.3, -0.25) is 9.78 Å². The van der Waals surface area contributed by atoms with Gasteiger partial charge in [0.1, 0.15) is 9.88 Å². The molecule has 0 radical (unpaired) electrons. The molecule has 1 amide bonds. The number of amides is 1. The first-order valence-corrected chi connectivity index (χ1v) is 8.93. The molecule has 140 valence electrons. The summed E-state index contributed by atoms with van der Waals surface area (Å²) in [6.45, 7) is 3.55. The molecule has 27 heavy (non-hydrogen) atoms. The van der Waals surface area contributed by atoms with Gasteiger partial charge >= 0.3 is 6.18 Å². The summed E-state index contributed by atoms with van der Waals surface area (Å²) in [4.78, 5) is 21.4. The Balaban J connectivity index is 1.79. The van der Waals surface area contributed by atoms with E-state index in [0.717, 1.165) is 29.0 Å². The maximum absolute atomic E-state index is 12.7. The highest BCUT2D eigenvalue weighted by molar-refractivity contribution is 7.17. The summed E-state index contributed by atoms with van der Waals surface area (Å²) in [6.07, 6.45) is -1.05. The van der Waals surface area contributed by atoms with Crippen molar-refractivity contribution in [1.29, 1.82) is 0 Å². The van der Waals surface area contributed by atoms with Crippen LogP contribution in [-0.4, -0.2) is 15.9 Å². The van der Waals surface area contributed by atoms with Crippen molar-refractivity contribution < 1.29 is 18.0 Å². The zero-order valence-corrected chi connectivity index (χ0v) is 15.4. The van der Waals surface area contributed by atoms with Crippen molar-refractivity contribution in [3.05, 3.63) is 70.5 Å². The van der Waals surface area contributed by atoms with E-state index in [1.54, 1.807) is 25.4 Å². The van der Waals surface area contributed by atoms with Crippen LogP contribution < -0.4 is 5.32 Å². The van der Waals surface area contributed by atoms with Crippen LogP contribution in [-0.2, 0) is 6.18 Å². The van der Waals surface area contributed by atoms with Crippen LogP contribution >= 0.6 is 11.3 Å². The number of alkyl halides is 3. The third kappa shape index (κ3) is 4.33. The largest absolute Gasteiger partial charge is 0.416 e. The van der Waals surface area contributed by atoms with Crippen molar-refractivity contribution >= 4 is 17.2 Å². The summed E-state index contributed by atoms with van der Waals surface area (Å²) in [6, 6.07) is 8.17. The third-order valence-electron chi connectivity index (χ3n) is 3.99. The van der Waals surface area contributed by atoms with E-state index in [2.05, 4.69) is 15.3 Å². The van der Waals surface area contributed by atoms with Gasteiger partial charge in [-0.2, -0.15) is 13.2 Å². The van der Waals surface area contributed by atoms with Gasteiger partial charge in [-0.1, -0.05) is 18.2 Å². The summed E-state index contributed by atoms with van der Waals surface area (Å²) in [7, 11) is 0. The Labute approximate surface area is 158 Å². The molecule has 0 saturated heterocycles. The van der Waals surface area contributed by atoms with E-state index < -0.39 is 11.7 Å². The van der Waals surface area contributed by atoms with Crippen LogP contribution in [0.25, 0.3) is 10.6 Å². The van der Waals surface area contributed by atoms with Crippen LogP contribution in [0.5, 0.6) is 0 Å². The molecule has 0 aliphatic heterocycles. The fourth-order valence-corrected chi connectivity index (χ4v) is 3.48. The number of halogens is 3. The zero-order chi connectivity index (χ0) is 19.6. The quantitative estimate of drug-likeness (QED) is 0.679. The first kappa shape index (κ1) is 19.0. The molecule has 3 aromatic rings.